The molecule has 0 spiro atoms. The Morgan fingerprint density at radius 3 is 2.51 bits per heavy atom. The lowest BCUT2D eigenvalue weighted by atomic mass is 9.95. The molecule has 5 rings (SSSR count). The van der Waals surface area contributed by atoms with Crippen molar-refractivity contribution in [1.82, 2.24) is 30.1 Å². The lowest BCUT2D eigenvalue weighted by Gasteiger charge is -2.32. The van der Waals surface area contributed by atoms with Gasteiger partial charge in [-0.05, 0) is 78.6 Å². The molecule has 1 fully saturated rings. The number of fused-ring (bicyclic) bond motifs is 1. The summed E-state index contributed by atoms with van der Waals surface area (Å²) in [6.07, 6.45) is 6.67. The molecule has 0 radical (unpaired) electrons. The number of aromatic amines is 1. The second-order valence-electron chi connectivity index (χ2n) is 10.3. The van der Waals surface area contributed by atoms with Gasteiger partial charge in [-0.15, -0.1) is 5.10 Å². The summed E-state index contributed by atoms with van der Waals surface area (Å²) < 4.78 is 13.1. The molecule has 1 aliphatic rings. The molecule has 4 aromatic rings. The van der Waals surface area contributed by atoms with Gasteiger partial charge in [0.1, 0.15) is 11.5 Å². The minimum atomic E-state index is -0.0897. The van der Waals surface area contributed by atoms with Crippen LogP contribution in [0.1, 0.15) is 81.4 Å². The number of hydrogen-bond donors (Lipinski definition) is 1. The molecule has 1 saturated carbocycles. The lowest BCUT2D eigenvalue weighted by Crippen LogP contribution is -2.33. The van der Waals surface area contributed by atoms with E-state index in [2.05, 4.69) is 44.5 Å². The largest absolute Gasteiger partial charge is 0.497 e. The van der Waals surface area contributed by atoms with Gasteiger partial charge in [-0.3, -0.25) is 9.69 Å². The zero-order valence-corrected chi connectivity index (χ0v) is 23.1. The van der Waals surface area contributed by atoms with E-state index in [1.165, 1.54) is 19.3 Å². The van der Waals surface area contributed by atoms with Crippen molar-refractivity contribution in [3.05, 3.63) is 75.8 Å². The van der Waals surface area contributed by atoms with E-state index in [9.17, 15) is 4.79 Å². The number of methoxy groups -OCH3 is 1. The van der Waals surface area contributed by atoms with Crippen LogP contribution in [0.15, 0.2) is 53.3 Å². The fourth-order valence-corrected chi connectivity index (χ4v) is 5.67. The predicted molar refractivity (Wildman–Crippen MR) is 151 cm³/mol. The van der Waals surface area contributed by atoms with E-state index in [0.717, 1.165) is 53.1 Å². The van der Waals surface area contributed by atoms with Gasteiger partial charge in [-0.2, -0.15) is 0 Å². The van der Waals surface area contributed by atoms with Gasteiger partial charge in [0.2, 0.25) is 0 Å². The van der Waals surface area contributed by atoms with Crippen LogP contribution in [-0.4, -0.2) is 43.8 Å². The maximum atomic E-state index is 13.3. The molecular weight excluding hydrogens is 492 g/mol. The van der Waals surface area contributed by atoms with Crippen molar-refractivity contribution in [1.29, 1.82) is 0 Å². The number of pyridine rings is 1. The highest BCUT2D eigenvalue weighted by Gasteiger charge is 2.29. The van der Waals surface area contributed by atoms with Crippen LogP contribution in [0, 0.1) is 0 Å². The number of ether oxygens (including phenoxy) is 2. The number of rotatable bonds is 11. The van der Waals surface area contributed by atoms with Crippen LogP contribution in [0.2, 0.25) is 0 Å². The third-order valence-electron chi connectivity index (χ3n) is 7.69. The van der Waals surface area contributed by atoms with Gasteiger partial charge in [0.05, 0.1) is 25.8 Å². The molecule has 1 N–H and O–H groups in total. The first-order valence-electron chi connectivity index (χ1n) is 14.0. The number of tetrazole rings is 1. The van der Waals surface area contributed by atoms with E-state index in [1.54, 1.807) is 7.11 Å². The number of H-pyrrole nitrogens is 1. The van der Waals surface area contributed by atoms with Crippen LogP contribution >= 0.6 is 0 Å². The van der Waals surface area contributed by atoms with Gasteiger partial charge in [0.15, 0.2) is 5.82 Å². The van der Waals surface area contributed by atoms with Crippen molar-refractivity contribution >= 4 is 10.9 Å². The second-order valence-corrected chi connectivity index (χ2v) is 10.3. The number of nitrogens with one attached hydrogen (secondary N) is 1. The van der Waals surface area contributed by atoms with Crippen molar-refractivity contribution in [2.45, 2.75) is 77.5 Å². The topological polar surface area (TPSA) is 98.2 Å². The van der Waals surface area contributed by atoms with E-state index >= 15 is 0 Å². The first-order valence-corrected chi connectivity index (χ1v) is 14.0. The maximum Gasteiger partial charge on any atom is 0.252 e. The van der Waals surface area contributed by atoms with Crippen LogP contribution in [0.4, 0.5) is 0 Å². The van der Waals surface area contributed by atoms with Crippen LogP contribution in [0.25, 0.3) is 10.9 Å². The molecule has 206 valence electrons. The van der Waals surface area contributed by atoms with E-state index in [-0.39, 0.29) is 11.6 Å². The van der Waals surface area contributed by atoms with E-state index in [1.807, 2.05) is 48.0 Å². The molecule has 1 atom stereocenters. The molecule has 2 aromatic heterocycles. The third kappa shape index (κ3) is 6.14. The Bertz CT molecular complexity index is 1420. The van der Waals surface area contributed by atoms with Crippen molar-refractivity contribution in [3.63, 3.8) is 0 Å². The normalized spacial score (nSPS) is 15.1. The second kappa shape index (κ2) is 12.4. The van der Waals surface area contributed by atoms with Crippen molar-refractivity contribution in [3.8, 4) is 11.5 Å². The first kappa shape index (κ1) is 26.9. The lowest BCUT2D eigenvalue weighted by molar-refractivity contribution is 0.155. The Morgan fingerprint density at radius 1 is 1.03 bits per heavy atom. The summed E-state index contributed by atoms with van der Waals surface area (Å²) in [6.45, 7) is 5.80. The standard InChI is InChI=1S/C30H38N6O3/c1-4-28(29-32-33-34-36(29)24-9-7-6-8-10-24)35(19-21-11-13-25(38-3)14-12-21)20-23-17-22-18-26(39-5-2)15-16-27(22)31-30(23)37/h11-18,24,28H,4-10,19-20H2,1-3H3,(H,31,37). The number of benzene rings is 2. The highest BCUT2D eigenvalue weighted by molar-refractivity contribution is 5.80. The summed E-state index contributed by atoms with van der Waals surface area (Å²) in [5.41, 5.74) is 2.52. The summed E-state index contributed by atoms with van der Waals surface area (Å²) >= 11 is 0. The Balaban J connectivity index is 1.51. The molecule has 0 saturated heterocycles. The van der Waals surface area contributed by atoms with Crippen LogP contribution in [0.3, 0.4) is 0 Å². The molecule has 9 heteroatoms. The van der Waals surface area contributed by atoms with Gasteiger partial charge in [0, 0.05) is 29.6 Å². The average Bonchev–Trinajstić information content (AvgIpc) is 3.44. The highest BCUT2D eigenvalue weighted by atomic mass is 16.5. The van der Waals surface area contributed by atoms with Crippen molar-refractivity contribution < 1.29 is 9.47 Å². The van der Waals surface area contributed by atoms with E-state index < -0.39 is 0 Å². The van der Waals surface area contributed by atoms with E-state index in [0.29, 0.717) is 31.3 Å². The van der Waals surface area contributed by atoms with Gasteiger partial charge >= 0.3 is 0 Å². The minimum absolute atomic E-state index is 0.0612. The molecule has 0 aliphatic heterocycles. The van der Waals surface area contributed by atoms with Gasteiger partial charge < -0.3 is 14.5 Å². The molecule has 1 aliphatic carbocycles. The van der Waals surface area contributed by atoms with Gasteiger partial charge in [-0.1, -0.05) is 38.3 Å². The number of hydrogen-bond acceptors (Lipinski definition) is 7. The van der Waals surface area contributed by atoms with Gasteiger partial charge in [-0.25, -0.2) is 4.68 Å². The Kier molecular flexibility index (Phi) is 8.56. The number of nitrogens with zero attached hydrogens (tertiary/aromatic N) is 5. The molecule has 2 heterocycles. The average molecular weight is 531 g/mol. The zero-order valence-electron chi connectivity index (χ0n) is 23.1. The van der Waals surface area contributed by atoms with Crippen LogP contribution in [0.5, 0.6) is 11.5 Å². The van der Waals surface area contributed by atoms with E-state index in [4.69, 9.17) is 9.47 Å². The van der Waals surface area contributed by atoms with Crippen molar-refractivity contribution in [2.75, 3.05) is 13.7 Å². The highest BCUT2D eigenvalue weighted by Crippen LogP contribution is 2.33. The van der Waals surface area contributed by atoms with Crippen LogP contribution in [-0.2, 0) is 13.1 Å². The smallest absolute Gasteiger partial charge is 0.252 e. The Labute approximate surface area is 229 Å². The summed E-state index contributed by atoms with van der Waals surface area (Å²) in [5, 5.41) is 14.0. The van der Waals surface area contributed by atoms with Crippen molar-refractivity contribution in [2.24, 2.45) is 0 Å². The molecule has 0 bridgehead atoms. The summed E-state index contributed by atoms with van der Waals surface area (Å²) in [6, 6.07) is 16.1. The molecule has 9 nitrogen and oxygen atoms in total. The molecule has 0 amide bonds. The fraction of sp³-hybridized carbons (Fsp3) is 0.467. The quantitative estimate of drug-likeness (QED) is 0.270. The number of aromatic nitrogens is 5. The minimum Gasteiger partial charge on any atom is -0.497 e. The Morgan fingerprint density at radius 2 is 1.79 bits per heavy atom. The predicted octanol–water partition coefficient (Wildman–Crippen LogP) is 5.58. The fourth-order valence-electron chi connectivity index (χ4n) is 5.67. The monoisotopic (exact) mass is 530 g/mol. The molecule has 1 unspecified atom stereocenters. The SMILES string of the molecule is CCOc1ccc2[nH]c(=O)c(CN(Cc3ccc(OC)cc3)C(CC)c3nnnn3C3CCCCC3)cc2c1. The van der Waals surface area contributed by atoms with Gasteiger partial charge in [0.25, 0.3) is 5.56 Å². The molecule has 2 aromatic carbocycles. The molecular formula is C30H38N6O3. The summed E-state index contributed by atoms with van der Waals surface area (Å²) in [4.78, 5) is 18.6. The molecule has 39 heavy (non-hydrogen) atoms. The Hall–Kier alpha value is -3.72. The van der Waals surface area contributed by atoms with Crippen LogP contribution < -0.4 is 15.0 Å². The first-order chi connectivity index (χ1) is 19.1. The zero-order chi connectivity index (χ0) is 27.2. The third-order valence-corrected chi connectivity index (χ3v) is 7.69. The summed E-state index contributed by atoms with van der Waals surface area (Å²) in [7, 11) is 1.67. The summed E-state index contributed by atoms with van der Waals surface area (Å²) in [5.74, 6) is 2.47. The maximum absolute atomic E-state index is 13.3.